The van der Waals surface area contributed by atoms with Crippen molar-refractivity contribution in [2.24, 2.45) is 0 Å². The largest absolute Gasteiger partial charge is 0.454 e. The highest BCUT2D eigenvalue weighted by Gasteiger charge is 2.31. The van der Waals surface area contributed by atoms with Gasteiger partial charge >= 0.3 is 0 Å². The molecule has 12 rings (SSSR count). The Morgan fingerprint density at radius 2 is 0.705 bits per heavy atom. The molecular weight excluding hydrogens is 749 g/mol. The van der Waals surface area contributed by atoms with Crippen LogP contribution in [0.1, 0.15) is 22.3 Å². The molecule has 0 saturated heterocycles. The summed E-state index contributed by atoms with van der Waals surface area (Å²) in [6.07, 6.45) is 0. The first kappa shape index (κ1) is 35.2. The molecule has 3 aromatic heterocycles. The van der Waals surface area contributed by atoms with Gasteiger partial charge in [-0.3, -0.25) is 0 Å². The maximum Gasteiger partial charge on any atom is 0.162 e. The van der Waals surface area contributed by atoms with Crippen molar-refractivity contribution < 1.29 is 13.3 Å². The van der Waals surface area contributed by atoms with Crippen LogP contribution in [0.3, 0.4) is 0 Å². The average molecular weight is 789 g/mol. The summed E-state index contributed by atoms with van der Waals surface area (Å²) in [5.74, 6) is 0. The molecule has 12 aromatic rings. The molecule has 0 bridgehead atoms. The van der Waals surface area contributed by atoms with E-state index in [9.17, 15) is 0 Å². The maximum absolute atomic E-state index is 7.26. The van der Waals surface area contributed by atoms with Crippen LogP contribution < -0.4 is 9.80 Å². The fourth-order valence-electron chi connectivity index (χ4n) is 9.38. The Bertz CT molecular complexity index is 3730. The van der Waals surface area contributed by atoms with Gasteiger partial charge in [0.05, 0.1) is 28.1 Å². The third-order valence-electron chi connectivity index (χ3n) is 12.7. The number of hydrogen-bond acceptors (Lipinski definition) is 5. The summed E-state index contributed by atoms with van der Waals surface area (Å²) < 4.78 is 20.9. The molecule has 0 N–H and O–H groups in total. The van der Waals surface area contributed by atoms with Gasteiger partial charge in [0, 0.05) is 49.1 Å². The van der Waals surface area contributed by atoms with E-state index in [-0.39, 0.29) is 0 Å². The highest BCUT2D eigenvalue weighted by Crippen LogP contribution is 2.55. The Morgan fingerprint density at radius 3 is 1.21 bits per heavy atom. The van der Waals surface area contributed by atoms with Gasteiger partial charge < -0.3 is 23.1 Å². The van der Waals surface area contributed by atoms with Crippen LogP contribution in [0.15, 0.2) is 183 Å². The normalized spacial score (nSPS) is 11.9. The third-order valence-corrected chi connectivity index (χ3v) is 12.7. The Kier molecular flexibility index (Phi) is 7.72. The van der Waals surface area contributed by atoms with Crippen LogP contribution in [0.2, 0.25) is 0 Å². The number of aryl methyl sites for hydroxylation is 4. The van der Waals surface area contributed by atoms with E-state index >= 15 is 0 Å². The Labute approximate surface area is 352 Å². The molecule has 0 spiro atoms. The van der Waals surface area contributed by atoms with Crippen LogP contribution in [0.4, 0.5) is 34.1 Å². The minimum atomic E-state index is 0.770. The highest BCUT2D eigenvalue weighted by atomic mass is 16.3. The minimum absolute atomic E-state index is 0.770. The van der Waals surface area contributed by atoms with Crippen molar-refractivity contribution in [3.05, 3.63) is 192 Å². The van der Waals surface area contributed by atoms with Crippen molar-refractivity contribution in [3.8, 4) is 0 Å². The smallest absolute Gasteiger partial charge is 0.162 e. The molecule has 0 saturated carbocycles. The molecule has 5 nitrogen and oxygen atoms in total. The Hall–Kier alpha value is -7.76. The number of rotatable bonds is 6. The summed E-state index contributed by atoms with van der Waals surface area (Å²) in [7, 11) is 0. The van der Waals surface area contributed by atoms with Gasteiger partial charge in [0.1, 0.15) is 16.7 Å². The van der Waals surface area contributed by atoms with E-state index in [0.717, 1.165) is 111 Å². The van der Waals surface area contributed by atoms with Gasteiger partial charge in [0.25, 0.3) is 0 Å². The SMILES string of the molecule is Cc1ccc(N(c2cccc3c2oc2ccccc23)c2c3ccccc3c(N(c3ccc(C)c(C)c3)c3cccc4c3oc3ccccc34)c3c2oc2ccccc23)cc1C. The van der Waals surface area contributed by atoms with Gasteiger partial charge in [0.15, 0.2) is 16.7 Å². The predicted octanol–water partition coefficient (Wildman–Crippen LogP) is 16.7. The monoisotopic (exact) mass is 788 g/mol. The van der Waals surface area contributed by atoms with Crippen LogP contribution in [0.25, 0.3) is 76.6 Å². The summed E-state index contributed by atoms with van der Waals surface area (Å²) in [6, 6.07) is 60.1. The van der Waals surface area contributed by atoms with Gasteiger partial charge in [-0.15, -0.1) is 0 Å². The van der Waals surface area contributed by atoms with Gasteiger partial charge in [-0.25, -0.2) is 0 Å². The molecule has 0 atom stereocenters. The first-order chi connectivity index (χ1) is 29.9. The lowest BCUT2D eigenvalue weighted by Gasteiger charge is -2.31. The maximum atomic E-state index is 7.26. The molecule has 0 radical (unpaired) electrons. The highest BCUT2D eigenvalue weighted by molar-refractivity contribution is 6.29. The lowest BCUT2D eigenvalue weighted by molar-refractivity contribution is 0.666. The van der Waals surface area contributed by atoms with Gasteiger partial charge in [0.2, 0.25) is 0 Å². The molecule has 0 amide bonds. The third kappa shape index (κ3) is 5.27. The molecule has 61 heavy (non-hydrogen) atoms. The van der Waals surface area contributed by atoms with Gasteiger partial charge in [-0.1, -0.05) is 115 Å². The Morgan fingerprint density at radius 1 is 0.311 bits per heavy atom. The van der Waals surface area contributed by atoms with Crippen molar-refractivity contribution in [3.63, 3.8) is 0 Å². The van der Waals surface area contributed by atoms with E-state index in [1.54, 1.807) is 0 Å². The lowest BCUT2D eigenvalue weighted by Crippen LogP contribution is -2.15. The summed E-state index contributed by atoms with van der Waals surface area (Å²) in [5.41, 5.74) is 15.6. The van der Waals surface area contributed by atoms with Crippen LogP contribution in [-0.2, 0) is 0 Å². The number of anilines is 6. The van der Waals surface area contributed by atoms with Gasteiger partial charge in [-0.05, 0) is 105 Å². The van der Waals surface area contributed by atoms with Crippen molar-refractivity contribution in [1.82, 2.24) is 0 Å². The second-order valence-electron chi connectivity index (χ2n) is 16.3. The molecule has 3 heterocycles. The molecule has 0 aliphatic heterocycles. The minimum Gasteiger partial charge on any atom is -0.454 e. The average Bonchev–Trinajstić information content (AvgIpc) is 3.99. The number of nitrogens with zero attached hydrogens (tertiary/aromatic N) is 2. The van der Waals surface area contributed by atoms with E-state index in [2.05, 4.69) is 189 Å². The quantitative estimate of drug-likeness (QED) is 0.157. The number of fused-ring (bicyclic) bond motifs is 10. The molecule has 0 unspecified atom stereocenters. The molecule has 0 fully saturated rings. The summed E-state index contributed by atoms with van der Waals surface area (Å²) in [4.78, 5) is 4.75. The zero-order valence-electron chi connectivity index (χ0n) is 34.3. The fraction of sp³-hybridized carbons (Fsp3) is 0.0714. The second kappa shape index (κ2) is 13.4. The lowest BCUT2D eigenvalue weighted by atomic mass is 9.96. The van der Waals surface area contributed by atoms with E-state index < -0.39 is 0 Å². The van der Waals surface area contributed by atoms with Gasteiger partial charge in [-0.2, -0.15) is 0 Å². The molecule has 0 aliphatic rings. The topological polar surface area (TPSA) is 45.9 Å². The molecule has 292 valence electrons. The van der Waals surface area contributed by atoms with Crippen molar-refractivity contribution in [1.29, 1.82) is 0 Å². The summed E-state index contributed by atoms with van der Waals surface area (Å²) >= 11 is 0. The van der Waals surface area contributed by atoms with E-state index in [1.165, 1.54) is 22.3 Å². The molecule has 9 aromatic carbocycles. The number of hydrogen-bond donors (Lipinski definition) is 0. The summed E-state index contributed by atoms with van der Waals surface area (Å²) in [6.45, 7) is 8.69. The predicted molar refractivity (Wildman–Crippen MR) is 254 cm³/mol. The summed E-state index contributed by atoms with van der Waals surface area (Å²) in [5, 5.41) is 8.40. The fourth-order valence-corrected chi connectivity index (χ4v) is 9.38. The van der Waals surface area contributed by atoms with Crippen LogP contribution >= 0.6 is 0 Å². The molecule has 5 heteroatoms. The standard InChI is InChI=1S/C56H40N2O3/c1-33-27-29-37(31-35(33)3)57(46-22-13-20-43-39-15-7-10-24-48(39)59-54(43)46)52-41-17-5-6-18-42(41)53(56-51(52)45-19-9-12-26-50(45)61-56)58(38-30-28-34(2)36(4)32-38)47-23-14-21-44-40-16-8-11-25-49(40)60-55(44)47/h5-32H,1-4H3. The number of benzene rings is 9. The van der Waals surface area contributed by atoms with Crippen molar-refractivity contribution in [2.45, 2.75) is 27.7 Å². The number of furan rings is 3. The second-order valence-corrected chi connectivity index (χ2v) is 16.3. The zero-order valence-corrected chi connectivity index (χ0v) is 34.3. The first-order valence-corrected chi connectivity index (χ1v) is 20.8. The Balaban J connectivity index is 1.26. The van der Waals surface area contributed by atoms with E-state index in [4.69, 9.17) is 13.3 Å². The zero-order chi connectivity index (χ0) is 40.9. The first-order valence-electron chi connectivity index (χ1n) is 20.8. The molecule has 0 aliphatic carbocycles. The van der Waals surface area contributed by atoms with Crippen LogP contribution in [0, 0.1) is 27.7 Å². The molecular formula is C56H40N2O3. The van der Waals surface area contributed by atoms with Crippen molar-refractivity contribution >= 4 is 111 Å². The van der Waals surface area contributed by atoms with Crippen LogP contribution in [0.5, 0.6) is 0 Å². The van der Waals surface area contributed by atoms with E-state index in [1.807, 2.05) is 18.2 Å². The van der Waals surface area contributed by atoms with Crippen molar-refractivity contribution in [2.75, 3.05) is 9.80 Å². The number of para-hydroxylation sites is 5. The van der Waals surface area contributed by atoms with Crippen LogP contribution in [-0.4, -0.2) is 0 Å². The van der Waals surface area contributed by atoms with E-state index in [0.29, 0.717) is 0 Å².